The fourth-order valence-electron chi connectivity index (χ4n) is 7.94. The zero-order chi connectivity index (χ0) is 48.9. The molecule has 0 aromatic heterocycles. The number of methoxy groups -OCH3 is 2. The summed E-state index contributed by atoms with van der Waals surface area (Å²) in [6.07, 6.45) is -6.62. The van der Waals surface area contributed by atoms with Crippen molar-refractivity contribution in [3.63, 3.8) is 0 Å². The van der Waals surface area contributed by atoms with Crippen LogP contribution in [0.4, 0.5) is 0 Å². The molecule has 13 nitrogen and oxygen atoms in total. The molecule has 0 heterocycles. The molecule has 0 bridgehead atoms. The van der Waals surface area contributed by atoms with E-state index < -0.39 is 44.4 Å². The highest BCUT2D eigenvalue weighted by Crippen LogP contribution is 2.53. The molecule has 0 spiro atoms. The van der Waals surface area contributed by atoms with Gasteiger partial charge in [0.15, 0.2) is 0 Å². The molecule has 71 heavy (non-hydrogen) atoms. The first-order valence-electron chi connectivity index (χ1n) is 23.3. The molecule has 1 fully saturated rings. The lowest BCUT2D eigenvalue weighted by molar-refractivity contribution is -0.297. The smallest absolute Gasteiger partial charge is 0.497 e. The van der Waals surface area contributed by atoms with Crippen LogP contribution in [0, 0.1) is 0 Å². The molecule has 0 N–H and O–H groups in total. The summed E-state index contributed by atoms with van der Waals surface area (Å²) in [5.41, 5.74) is 4.40. The fourth-order valence-corrected chi connectivity index (χ4v) is 9.36. The van der Waals surface area contributed by atoms with Crippen LogP contribution in [0.3, 0.4) is 0 Å². The van der Waals surface area contributed by atoms with Gasteiger partial charge in [0.05, 0.1) is 47.3 Å². The van der Waals surface area contributed by atoms with E-state index in [4.69, 9.17) is 56.2 Å². The summed E-state index contributed by atoms with van der Waals surface area (Å²) < 4.78 is 93.1. The maximum Gasteiger partial charge on any atom is 0.588 e. The Morgan fingerprint density at radius 1 is 0.324 bits per heavy atom. The molecule has 6 atom stereocenters. The summed E-state index contributed by atoms with van der Waals surface area (Å²) >= 11 is 0. The number of para-hydroxylation sites is 2. The van der Waals surface area contributed by atoms with Crippen molar-refractivity contribution in [1.29, 1.82) is 0 Å². The first-order valence-corrected chi connectivity index (χ1v) is 24.8. The van der Waals surface area contributed by atoms with E-state index in [1.807, 2.05) is 152 Å². The third kappa shape index (κ3) is 15.3. The second kappa shape index (κ2) is 26.7. The molecule has 0 radical (unpaired) electrons. The van der Waals surface area contributed by atoms with Gasteiger partial charge in [-0.25, -0.2) is 4.57 Å². The predicted molar refractivity (Wildman–Crippen MR) is 267 cm³/mol. The monoisotopic (exact) mass is 982 g/mol. The number of phosphoric acid groups is 1. The Morgan fingerprint density at radius 2 is 0.620 bits per heavy atom. The van der Waals surface area contributed by atoms with Gasteiger partial charge in [-0.3, -0.25) is 4.52 Å². The van der Waals surface area contributed by atoms with Gasteiger partial charge < -0.3 is 51.7 Å². The Balaban J connectivity index is 1.23. The standard InChI is InChI=1S/C57H59O13P/c1-59-48-32-28-46(29-33-48)39-63-52-53(66-41-61-36-43-18-8-3-9-19-43)55(64-38-45-22-12-5-13-23-45)57(70-71(58,68-50-24-14-6-15-25-50)69-51-26-16-7-17-27-51)56(65-40-47-30-34-49(60-2)35-31-47)54(52)67-42-62-37-44-20-10-4-11-21-44/h3-35,52-57H,36-42H2,1-2H3/t52-,53-,54+,55-,56-,57-/m0/s1. The van der Waals surface area contributed by atoms with E-state index in [1.165, 1.54) is 0 Å². The van der Waals surface area contributed by atoms with E-state index in [0.29, 0.717) is 11.5 Å². The third-order valence-electron chi connectivity index (χ3n) is 11.5. The van der Waals surface area contributed by atoms with Crippen LogP contribution in [0.15, 0.2) is 200 Å². The second-order valence-electron chi connectivity index (χ2n) is 16.5. The highest BCUT2D eigenvalue weighted by atomic mass is 31.2. The van der Waals surface area contributed by atoms with Crippen molar-refractivity contribution in [3.05, 3.63) is 228 Å². The van der Waals surface area contributed by atoms with Gasteiger partial charge in [0.25, 0.3) is 0 Å². The van der Waals surface area contributed by atoms with E-state index in [0.717, 1.165) is 27.8 Å². The molecule has 1 aliphatic rings. The number of benzene rings is 7. The quantitative estimate of drug-likeness (QED) is 0.0276. The lowest BCUT2D eigenvalue weighted by Gasteiger charge is -2.49. The van der Waals surface area contributed by atoms with E-state index >= 15 is 4.57 Å². The van der Waals surface area contributed by atoms with Gasteiger partial charge in [-0.15, -0.1) is 0 Å². The zero-order valence-corrected chi connectivity index (χ0v) is 40.6. The van der Waals surface area contributed by atoms with Gasteiger partial charge >= 0.3 is 7.82 Å². The number of rotatable bonds is 27. The maximum atomic E-state index is 15.7. The van der Waals surface area contributed by atoms with Crippen molar-refractivity contribution in [1.82, 2.24) is 0 Å². The number of phosphoric ester groups is 1. The van der Waals surface area contributed by atoms with Crippen LogP contribution in [0.5, 0.6) is 23.0 Å². The molecule has 7 aromatic rings. The molecule has 1 aliphatic carbocycles. The Bertz CT molecular complexity index is 2570. The van der Waals surface area contributed by atoms with Crippen LogP contribution in [-0.2, 0) is 75.3 Å². The molecule has 0 aliphatic heterocycles. The Morgan fingerprint density at radius 3 is 0.972 bits per heavy atom. The average Bonchev–Trinajstić information content (AvgIpc) is 3.42. The van der Waals surface area contributed by atoms with Gasteiger partial charge in [0, 0.05) is 0 Å². The SMILES string of the molecule is COc1ccc(CO[C@@H]2[C@@H](OCOCc3ccccc3)[C@H](OCc3ccc(OC)cc3)[C@@H](OP(=O)(Oc3ccccc3)Oc3ccccc3)[C@@H](OCc3ccccc3)[C@H]2OCOCc2ccccc2)cc1. The predicted octanol–water partition coefficient (Wildman–Crippen LogP) is 11.5. The maximum absolute atomic E-state index is 15.7. The largest absolute Gasteiger partial charge is 0.588 e. The number of hydrogen-bond donors (Lipinski definition) is 0. The highest BCUT2D eigenvalue weighted by molar-refractivity contribution is 7.49. The molecular weight excluding hydrogens is 924 g/mol. The van der Waals surface area contributed by atoms with E-state index in [2.05, 4.69) is 0 Å². The van der Waals surface area contributed by atoms with Crippen LogP contribution < -0.4 is 18.5 Å². The Kier molecular flexibility index (Phi) is 19.2. The zero-order valence-electron chi connectivity index (χ0n) is 39.7. The molecule has 0 amide bonds. The first kappa shape index (κ1) is 51.0. The molecule has 7 aromatic carbocycles. The summed E-state index contributed by atoms with van der Waals surface area (Å²) in [7, 11) is -1.47. The fraction of sp³-hybridized carbons (Fsp3) is 0.263. The molecule has 14 heteroatoms. The van der Waals surface area contributed by atoms with Gasteiger partial charge in [0.1, 0.15) is 73.2 Å². The first-order chi connectivity index (χ1) is 34.9. The summed E-state index contributed by atoms with van der Waals surface area (Å²) in [5.74, 6) is 1.86. The highest BCUT2D eigenvalue weighted by Gasteiger charge is 2.58. The van der Waals surface area contributed by atoms with Crippen molar-refractivity contribution < 1.29 is 60.8 Å². The lowest BCUT2D eigenvalue weighted by atomic mass is 9.84. The van der Waals surface area contributed by atoms with Crippen LogP contribution in [0.25, 0.3) is 0 Å². The summed E-state index contributed by atoms with van der Waals surface area (Å²) in [6, 6.07) is 61.7. The van der Waals surface area contributed by atoms with Crippen LogP contribution in [-0.4, -0.2) is 64.4 Å². The van der Waals surface area contributed by atoms with E-state index in [-0.39, 0.29) is 58.1 Å². The van der Waals surface area contributed by atoms with E-state index in [9.17, 15) is 0 Å². The molecule has 370 valence electrons. The Hall–Kier alpha value is -6.35. The molecule has 0 unspecified atom stereocenters. The van der Waals surface area contributed by atoms with Gasteiger partial charge in [-0.05, 0) is 76.3 Å². The molecule has 0 saturated heterocycles. The summed E-state index contributed by atoms with van der Waals surface area (Å²) in [6.45, 7) is 0.344. The van der Waals surface area contributed by atoms with Crippen molar-refractivity contribution >= 4 is 7.82 Å². The van der Waals surface area contributed by atoms with Crippen molar-refractivity contribution in [2.24, 2.45) is 0 Å². The van der Waals surface area contributed by atoms with Gasteiger partial charge in [-0.2, -0.15) is 0 Å². The minimum atomic E-state index is -4.70. The summed E-state index contributed by atoms with van der Waals surface area (Å²) in [4.78, 5) is 0. The number of hydrogen-bond acceptors (Lipinski definition) is 13. The van der Waals surface area contributed by atoms with E-state index in [1.54, 1.807) is 62.8 Å². The van der Waals surface area contributed by atoms with Crippen molar-refractivity contribution in [3.8, 4) is 23.0 Å². The second-order valence-corrected chi connectivity index (χ2v) is 18.0. The Labute approximate surface area is 415 Å². The van der Waals surface area contributed by atoms with Crippen molar-refractivity contribution in [2.45, 2.75) is 69.7 Å². The molecule has 8 rings (SSSR count). The molecule has 1 saturated carbocycles. The van der Waals surface area contributed by atoms with Crippen LogP contribution in [0.1, 0.15) is 27.8 Å². The minimum absolute atomic E-state index is 0.0466. The number of ether oxygens (including phenoxy) is 9. The van der Waals surface area contributed by atoms with Crippen LogP contribution >= 0.6 is 7.82 Å². The van der Waals surface area contributed by atoms with Gasteiger partial charge in [0.2, 0.25) is 0 Å². The van der Waals surface area contributed by atoms with Crippen LogP contribution in [0.2, 0.25) is 0 Å². The molecular formula is C57H59O13P. The lowest BCUT2D eigenvalue weighted by Crippen LogP contribution is -2.67. The van der Waals surface area contributed by atoms with Gasteiger partial charge in [-0.1, -0.05) is 152 Å². The minimum Gasteiger partial charge on any atom is -0.497 e. The topological polar surface area (TPSA) is 128 Å². The summed E-state index contributed by atoms with van der Waals surface area (Å²) in [5, 5.41) is 0. The normalized spacial score (nSPS) is 18.9. The van der Waals surface area contributed by atoms with Crippen molar-refractivity contribution in [2.75, 3.05) is 27.8 Å². The average molecular weight is 983 g/mol. The third-order valence-corrected chi connectivity index (χ3v) is 12.9.